The Morgan fingerprint density at radius 3 is 1.62 bits per heavy atom. The van der Waals surface area contributed by atoms with E-state index in [1.807, 2.05) is 66.7 Å². The highest BCUT2D eigenvalue weighted by Gasteiger charge is 2.21. The maximum atomic E-state index is 11.0. The Balaban J connectivity index is 0.000000588. The third kappa shape index (κ3) is 7.07. The predicted octanol–water partition coefficient (Wildman–Crippen LogP) is 1.72. The van der Waals surface area contributed by atoms with Crippen molar-refractivity contribution < 1.29 is 43.0 Å². The first-order valence-electron chi connectivity index (χ1n) is 9.68. The first-order valence-corrected chi connectivity index (χ1v) is 10.9. The molecule has 0 spiro atoms. The first kappa shape index (κ1) is 24.8. The van der Waals surface area contributed by atoms with Gasteiger partial charge in [-0.3, -0.25) is 10.1 Å². The number of nitro groups is 1. The van der Waals surface area contributed by atoms with Crippen molar-refractivity contribution >= 4 is 5.69 Å². The van der Waals surface area contributed by atoms with Crippen LogP contribution in [0.1, 0.15) is 0 Å². The van der Waals surface area contributed by atoms with Gasteiger partial charge in [0.15, 0.2) is 0 Å². The summed E-state index contributed by atoms with van der Waals surface area (Å²) < 4.78 is 45.4. The lowest BCUT2D eigenvalue weighted by molar-refractivity contribution is -2.00. The smallest absolute Gasteiger partial charge is 0.361 e. The summed E-state index contributed by atoms with van der Waals surface area (Å²) >= 11 is 0. The van der Waals surface area contributed by atoms with Crippen molar-refractivity contribution in [1.82, 2.24) is 0 Å². The third-order valence-electron chi connectivity index (χ3n) is 4.64. The van der Waals surface area contributed by atoms with E-state index in [0.717, 1.165) is 28.0 Å². The normalized spacial score (nSPS) is 10.7. The van der Waals surface area contributed by atoms with Crippen molar-refractivity contribution in [1.29, 1.82) is 0 Å². The minimum absolute atomic E-state index is 0.0448. The molecule has 3 aromatic carbocycles. The van der Waals surface area contributed by atoms with Crippen LogP contribution in [-0.4, -0.2) is 12.0 Å². The molecule has 174 valence electrons. The maximum absolute atomic E-state index is 11.0. The average molecular weight is 484 g/mol. The molecule has 1 heterocycles. The standard InChI is InChI=1S/C24H18NO4.ClHO4/c1-28-22-13-9-19(10-14-22)24-16-20(17-5-3-2-4-6-17)15-23(29-24)18-7-11-21(12-8-18)25(26)27;2-1(3,4)5/h2-16H,1H3;(H,2,3,4,5)/q+1;/p-1. The summed E-state index contributed by atoms with van der Waals surface area (Å²) in [7, 11) is -3.32. The minimum atomic E-state index is -4.94. The fraction of sp³-hybridized carbons (Fsp3) is 0.0417. The summed E-state index contributed by atoms with van der Waals surface area (Å²) in [6, 6.07) is 27.9. The highest BCUT2D eigenvalue weighted by Crippen LogP contribution is 2.34. The summed E-state index contributed by atoms with van der Waals surface area (Å²) in [5.41, 5.74) is 3.77. The highest BCUT2D eigenvalue weighted by atomic mass is 35.7. The highest BCUT2D eigenvalue weighted by molar-refractivity contribution is 5.74. The van der Waals surface area contributed by atoms with Gasteiger partial charge in [-0.05, 0) is 42.0 Å². The minimum Gasteiger partial charge on any atom is -0.497 e. The number of nitrogens with zero attached hydrogens (tertiary/aromatic N) is 1. The number of nitro benzene ring substituents is 1. The number of methoxy groups -OCH3 is 1. The Labute approximate surface area is 196 Å². The van der Waals surface area contributed by atoms with Crippen LogP contribution in [0.25, 0.3) is 33.8 Å². The van der Waals surface area contributed by atoms with Crippen LogP contribution >= 0.6 is 0 Å². The Morgan fingerprint density at radius 2 is 1.18 bits per heavy atom. The molecule has 0 amide bonds. The second-order valence-electron chi connectivity index (χ2n) is 6.85. The van der Waals surface area contributed by atoms with Crippen LogP contribution in [-0.2, 0) is 0 Å². The Bertz CT molecular complexity index is 1230. The Morgan fingerprint density at radius 1 is 0.706 bits per heavy atom. The molecule has 0 aliphatic carbocycles. The SMILES string of the molecule is COc1ccc(-c2cc(-c3ccccc3)cc(-c3ccc([N+](=O)[O-])cc3)[o+]2)cc1.[O-][Cl+3]([O-])([O-])[O-]. The van der Waals surface area contributed by atoms with E-state index in [4.69, 9.17) is 27.8 Å². The summed E-state index contributed by atoms with van der Waals surface area (Å²) in [5, 5.41) is 11.0. The molecular weight excluding hydrogens is 466 g/mol. The molecule has 0 aliphatic rings. The molecule has 4 aromatic rings. The van der Waals surface area contributed by atoms with E-state index in [-0.39, 0.29) is 5.69 Å². The number of benzene rings is 3. The fourth-order valence-corrected chi connectivity index (χ4v) is 3.09. The average Bonchev–Trinajstić information content (AvgIpc) is 2.83. The van der Waals surface area contributed by atoms with Gasteiger partial charge in [-0.1, -0.05) is 30.3 Å². The van der Waals surface area contributed by atoms with E-state index >= 15 is 0 Å². The lowest BCUT2D eigenvalue weighted by Gasteiger charge is -2.17. The van der Waals surface area contributed by atoms with Crippen molar-refractivity contribution in [3.63, 3.8) is 0 Å². The second-order valence-corrected chi connectivity index (χ2v) is 7.61. The molecule has 0 bridgehead atoms. The van der Waals surface area contributed by atoms with Crippen molar-refractivity contribution in [2.45, 2.75) is 0 Å². The van der Waals surface area contributed by atoms with Gasteiger partial charge in [-0.25, -0.2) is 23.1 Å². The summed E-state index contributed by atoms with van der Waals surface area (Å²) in [5.74, 6) is 2.10. The number of ether oxygens (including phenoxy) is 1. The van der Waals surface area contributed by atoms with Crippen LogP contribution in [0.15, 0.2) is 95.4 Å². The van der Waals surface area contributed by atoms with Crippen LogP contribution in [0.3, 0.4) is 0 Å². The van der Waals surface area contributed by atoms with Gasteiger partial charge in [0.25, 0.3) is 5.69 Å². The Kier molecular flexibility index (Phi) is 7.90. The molecule has 0 unspecified atom stereocenters. The molecular formula is C24H18ClNO8. The van der Waals surface area contributed by atoms with Crippen LogP contribution in [0.2, 0.25) is 0 Å². The lowest BCUT2D eigenvalue weighted by Crippen LogP contribution is -2.68. The zero-order chi connectivity index (χ0) is 24.7. The summed E-state index contributed by atoms with van der Waals surface area (Å²) in [4.78, 5) is 10.5. The van der Waals surface area contributed by atoms with Gasteiger partial charge < -0.3 is 4.74 Å². The molecule has 0 saturated carbocycles. The topological polar surface area (TPSA) is 156 Å². The van der Waals surface area contributed by atoms with E-state index in [9.17, 15) is 10.1 Å². The number of non-ortho nitro benzene ring substituents is 1. The van der Waals surface area contributed by atoms with E-state index in [1.165, 1.54) is 12.1 Å². The molecule has 9 nitrogen and oxygen atoms in total. The fourth-order valence-electron chi connectivity index (χ4n) is 3.09. The van der Waals surface area contributed by atoms with Gasteiger partial charge in [-0.15, -0.1) is 10.2 Å². The third-order valence-corrected chi connectivity index (χ3v) is 4.64. The van der Waals surface area contributed by atoms with Crippen molar-refractivity contribution in [3.05, 3.63) is 101 Å². The molecule has 4 rings (SSSR count). The van der Waals surface area contributed by atoms with Crippen LogP contribution < -0.4 is 23.4 Å². The van der Waals surface area contributed by atoms with Crippen molar-refractivity contribution in [2.75, 3.05) is 7.11 Å². The second kappa shape index (κ2) is 10.8. The van der Waals surface area contributed by atoms with Gasteiger partial charge in [0.05, 0.1) is 35.3 Å². The summed E-state index contributed by atoms with van der Waals surface area (Å²) in [6.07, 6.45) is 0. The number of hydrogen-bond donors (Lipinski definition) is 0. The quantitative estimate of drug-likeness (QED) is 0.236. The zero-order valence-corrected chi connectivity index (χ0v) is 18.5. The molecule has 34 heavy (non-hydrogen) atoms. The van der Waals surface area contributed by atoms with Gasteiger partial charge in [-0.2, -0.15) is 0 Å². The molecule has 1 aromatic heterocycles. The Hall–Kier alpha value is -3.86. The van der Waals surface area contributed by atoms with Crippen LogP contribution in [0.5, 0.6) is 5.75 Å². The number of halogens is 1. The van der Waals surface area contributed by atoms with E-state index < -0.39 is 15.2 Å². The van der Waals surface area contributed by atoms with Gasteiger partial charge in [0, 0.05) is 17.7 Å². The predicted molar refractivity (Wildman–Crippen MR) is 113 cm³/mol. The maximum Gasteiger partial charge on any atom is 0.361 e. The van der Waals surface area contributed by atoms with E-state index in [0.29, 0.717) is 11.5 Å². The van der Waals surface area contributed by atoms with Gasteiger partial charge >= 0.3 is 11.5 Å². The number of hydrogen-bond acceptors (Lipinski definition) is 7. The number of rotatable bonds is 5. The molecule has 10 heteroatoms. The van der Waals surface area contributed by atoms with Gasteiger partial charge in [0.2, 0.25) is 0 Å². The van der Waals surface area contributed by atoms with E-state index in [2.05, 4.69) is 0 Å². The molecule has 0 N–H and O–H groups in total. The van der Waals surface area contributed by atoms with Crippen LogP contribution in [0.4, 0.5) is 5.69 Å². The molecule has 0 saturated heterocycles. The molecule has 0 aliphatic heterocycles. The molecule has 0 atom stereocenters. The summed E-state index contributed by atoms with van der Waals surface area (Å²) in [6.45, 7) is 0. The van der Waals surface area contributed by atoms with Crippen molar-refractivity contribution in [2.24, 2.45) is 0 Å². The van der Waals surface area contributed by atoms with Crippen molar-refractivity contribution in [3.8, 4) is 39.5 Å². The molecule has 0 fully saturated rings. The zero-order valence-electron chi connectivity index (χ0n) is 17.8. The largest absolute Gasteiger partial charge is 0.497 e. The first-order chi connectivity index (χ1) is 16.1. The monoisotopic (exact) mass is 483 g/mol. The van der Waals surface area contributed by atoms with Crippen LogP contribution in [0, 0.1) is 20.4 Å². The van der Waals surface area contributed by atoms with E-state index in [1.54, 1.807) is 19.2 Å². The lowest BCUT2D eigenvalue weighted by atomic mass is 10.0. The molecule has 0 radical (unpaired) electrons. The van der Waals surface area contributed by atoms with Gasteiger partial charge in [0.1, 0.15) is 5.75 Å².